The van der Waals surface area contributed by atoms with Gasteiger partial charge in [0.15, 0.2) is 0 Å². The number of fused-ring (bicyclic) bond motifs is 1. The molecule has 0 aliphatic heterocycles. The monoisotopic (exact) mass is 319 g/mol. The average Bonchev–Trinajstić information content (AvgIpc) is 3.09. The number of nitrogens with one attached hydrogen (secondary N) is 1. The van der Waals surface area contributed by atoms with Crippen LogP contribution < -0.4 is 5.32 Å². The maximum absolute atomic E-state index is 3.70. The zero-order valence-corrected chi connectivity index (χ0v) is 14.5. The van der Waals surface area contributed by atoms with E-state index in [-0.39, 0.29) is 0 Å². The molecule has 0 fully saturated rings. The predicted molar refractivity (Wildman–Crippen MR) is 94.6 cm³/mol. The maximum atomic E-state index is 3.70. The molecule has 2 aromatic rings. The highest BCUT2D eigenvalue weighted by molar-refractivity contribution is 7.12. The number of aryl methyl sites for hydroxylation is 3. The smallest absolute Gasteiger partial charge is 0.0418 e. The molecule has 2 heterocycles. The van der Waals surface area contributed by atoms with Gasteiger partial charge in [0.1, 0.15) is 0 Å². The molecule has 0 spiro atoms. The van der Waals surface area contributed by atoms with Gasteiger partial charge >= 0.3 is 0 Å². The van der Waals surface area contributed by atoms with Gasteiger partial charge in [0.05, 0.1) is 0 Å². The number of thiophene rings is 2. The Hall–Kier alpha value is -0.640. The fourth-order valence-corrected chi connectivity index (χ4v) is 5.27. The summed E-state index contributed by atoms with van der Waals surface area (Å²) in [6, 6.07) is 5.30. The molecule has 1 nitrogen and oxygen atoms in total. The summed E-state index contributed by atoms with van der Waals surface area (Å²) in [5.41, 5.74) is 3.13. The molecule has 3 heteroatoms. The van der Waals surface area contributed by atoms with Crippen LogP contribution in [0.3, 0.4) is 0 Å². The molecule has 21 heavy (non-hydrogen) atoms. The van der Waals surface area contributed by atoms with E-state index in [1.165, 1.54) is 50.5 Å². The summed E-state index contributed by atoms with van der Waals surface area (Å²) in [5.74, 6) is 0. The summed E-state index contributed by atoms with van der Waals surface area (Å²) in [7, 11) is 0. The highest BCUT2D eigenvalue weighted by Gasteiger charge is 2.18. The van der Waals surface area contributed by atoms with Crippen LogP contribution in [-0.2, 0) is 19.3 Å². The second-order valence-corrected chi connectivity index (χ2v) is 7.89. The lowest BCUT2D eigenvalue weighted by Gasteiger charge is -2.16. The Kier molecular flexibility index (Phi) is 5.50. The van der Waals surface area contributed by atoms with Crippen molar-refractivity contribution in [2.24, 2.45) is 0 Å². The van der Waals surface area contributed by atoms with Crippen LogP contribution in [0.1, 0.15) is 59.5 Å². The zero-order valence-electron chi connectivity index (χ0n) is 12.9. The van der Waals surface area contributed by atoms with Crippen LogP contribution >= 0.6 is 22.7 Å². The first-order chi connectivity index (χ1) is 10.4. The largest absolute Gasteiger partial charge is 0.310 e. The average molecular weight is 320 g/mol. The SMILES string of the molecule is CCNC(CCc1ccsc1)c1cc2c(s1)CCCCC2. The van der Waals surface area contributed by atoms with Gasteiger partial charge in [-0.15, -0.1) is 11.3 Å². The van der Waals surface area contributed by atoms with Crippen molar-refractivity contribution in [3.8, 4) is 0 Å². The number of rotatable bonds is 6. The van der Waals surface area contributed by atoms with Crippen molar-refractivity contribution in [2.45, 2.75) is 57.9 Å². The third-order valence-corrected chi connectivity index (χ3v) is 6.44. The lowest BCUT2D eigenvalue weighted by Crippen LogP contribution is -2.20. The van der Waals surface area contributed by atoms with Gasteiger partial charge in [0.2, 0.25) is 0 Å². The van der Waals surface area contributed by atoms with Crippen LogP contribution in [0, 0.1) is 0 Å². The Bertz CT molecular complexity index is 518. The minimum Gasteiger partial charge on any atom is -0.310 e. The third kappa shape index (κ3) is 3.97. The molecule has 1 aliphatic rings. The Labute approximate surface area is 136 Å². The van der Waals surface area contributed by atoms with Crippen molar-refractivity contribution in [1.29, 1.82) is 0 Å². The van der Waals surface area contributed by atoms with E-state index in [4.69, 9.17) is 0 Å². The van der Waals surface area contributed by atoms with Gasteiger partial charge in [-0.05, 0) is 79.1 Å². The Morgan fingerprint density at radius 1 is 1.24 bits per heavy atom. The lowest BCUT2D eigenvalue weighted by atomic mass is 10.0. The second kappa shape index (κ2) is 7.57. The molecule has 2 aromatic heterocycles. The highest BCUT2D eigenvalue weighted by Crippen LogP contribution is 2.34. The van der Waals surface area contributed by atoms with Crippen molar-refractivity contribution in [3.63, 3.8) is 0 Å². The van der Waals surface area contributed by atoms with Gasteiger partial charge in [-0.3, -0.25) is 0 Å². The predicted octanol–water partition coefficient (Wildman–Crippen LogP) is 5.36. The van der Waals surface area contributed by atoms with E-state index in [1.807, 2.05) is 11.3 Å². The van der Waals surface area contributed by atoms with Crippen LogP contribution in [0.25, 0.3) is 0 Å². The van der Waals surface area contributed by atoms with Gasteiger partial charge in [-0.2, -0.15) is 11.3 Å². The molecular formula is C18H25NS2. The molecule has 1 N–H and O–H groups in total. The third-order valence-electron chi connectivity index (χ3n) is 4.36. The molecule has 0 saturated carbocycles. The standard InChI is InChI=1S/C18H25NS2/c1-2-19-16(9-8-14-10-11-20-13-14)18-12-15-6-4-3-5-7-17(15)21-18/h10-13,16,19H,2-9H2,1H3. The molecule has 0 radical (unpaired) electrons. The van der Waals surface area contributed by atoms with E-state index in [0.717, 1.165) is 6.54 Å². The summed E-state index contributed by atoms with van der Waals surface area (Å²) < 4.78 is 0. The molecule has 0 amide bonds. The molecule has 0 bridgehead atoms. The van der Waals surface area contributed by atoms with E-state index >= 15 is 0 Å². The van der Waals surface area contributed by atoms with Crippen LogP contribution in [0.2, 0.25) is 0 Å². The van der Waals surface area contributed by atoms with Crippen LogP contribution in [-0.4, -0.2) is 6.54 Å². The lowest BCUT2D eigenvalue weighted by molar-refractivity contribution is 0.523. The van der Waals surface area contributed by atoms with Crippen molar-refractivity contribution in [2.75, 3.05) is 6.54 Å². The van der Waals surface area contributed by atoms with Crippen LogP contribution in [0.15, 0.2) is 22.9 Å². The van der Waals surface area contributed by atoms with E-state index in [2.05, 4.69) is 46.5 Å². The van der Waals surface area contributed by atoms with Crippen molar-refractivity contribution in [1.82, 2.24) is 5.32 Å². The van der Waals surface area contributed by atoms with Crippen molar-refractivity contribution < 1.29 is 0 Å². The minimum atomic E-state index is 0.534. The van der Waals surface area contributed by atoms with Crippen LogP contribution in [0.5, 0.6) is 0 Å². The van der Waals surface area contributed by atoms with Crippen LogP contribution in [0.4, 0.5) is 0 Å². The molecule has 0 aromatic carbocycles. The normalized spacial score (nSPS) is 16.4. The fraction of sp³-hybridized carbons (Fsp3) is 0.556. The second-order valence-electron chi connectivity index (χ2n) is 5.94. The molecule has 3 rings (SSSR count). The summed E-state index contributed by atoms with van der Waals surface area (Å²) >= 11 is 3.88. The molecule has 114 valence electrons. The Morgan fingerprint density at radius 3 is 2.95 bits per heavy atom. The van der Waals surface area contributed by atoms with E-state index in [1.54, 1.807) is 15.3 Å². The van der Waals surface area contributed by atoms with Gasteiger partial charge in [-0.1, -0.05) is 13.3 Å². The Balaban J connectivity index is 1.70. The maximum Gasteiger partial charge on any atom is 0.0418 e. The molecule has 1 unspecified atom stereocenters. The van der Waals surface area contributed by atoms with Crippen molar-refractivity contribution >= 4 is 22.7 Å². The first-order valence-electron chi connectivity index (χ1n) is 8.22. The van der Waals surface area contributed by atoms with Gasteiger partial charge < -0.3 is 5.32 Å². The van der Waals surface area contributed by atoms with E-state index in [9.17, 15) is 0 Å². The molecular weight excluding hydrogens is 294 g/mol. The minimum absolute atomic E-state index is 0.534. The van der Waals surface area contributed by atoms with E-state index in [0.29, 0.717) is 6.04 Å². The van der Waals surface area contributed by atoms with Gasteiger partial charge in [-0.25, -0.2) is 0 Å². The molecule has 0 saturated heterocycles. The van der Waals surface area contributed by atoms with Crippen molar-refractivity contribution in [3.05, 3.63) is 43.8 Å². The van der Waals surface area contributed by atoms with Gasteiger partial charge in [0.25, 0.3) is 0 Å². The first kappa shape index (κ1) is 15.3. The molecule has 1 aliphatic carbocycles. The summed E-state index contributed by atoms with van der Waals surface area (Å²) in [4.78, 5) is 3.24. The summed E-state index contributed by atoms with van der Waals surface area (Å²) in [6.07, 6.45) is 9.18. The fourth-order valence-electron chi connectivity index (χ4n) is 3.20. The Morgan fingerprint density at radius 2 is 2.14 bits per heavy atom. The zero-order chi connectivity index (χ0) is 14.5. The topological polar surface area (TPSA) is 12.0 Å². The summed E-state index contributed by atoms with van der Waals surface area (Å²) in [5, 5.41) is 8.17. The quantitative estimate of drug-likeness (QED) is 0.707. The van der Waals surface area contributed by atoms with E-state index < -0.39 is 0 Å². The first-order valence-corrected chi connectivity index (χ1v) is 9.98. The highest BCUT2D eigenvalue weighted by atomic mass is 32.1. The van der Waals surface area contributed by atoms with Gasteiger partial charge in [0, 0.05) is 15.8 Å². The molecule has 1 atom stereocenters. The number of hydrogen-bond acceptors (Lipinski definition) is 3. The summed E-state index contributed by atoms with van der Waals surface area (Å²) in [6.45, 7) is 3.27. The number of hydrogen-bond donors (Lipinski definition) is 1.